The Labute approximate surface area is 153 Å². The van der Waals surface area contributed by atoms with Crippen molar-refractivity contribution in [2.45, 2.75) is 31.7 Å². The molecule has 26 heavy (non-hydrogen) atoms. The maximum Gasteiger partial charge on any atom is 0.252 e. The van der Waals surface area contributed by atoms with Crippen LogP contribution in [0.1, 0.15) is 36.4 Å². The number of benzene rings is 1. The topological polar surface area (TPSA) is 61.5 Å². The SMILES string of the molecule is COc1ccccc1CN1CC[C@H](c2cc(=O)[nH]c(N3CCCC3)n2)C1. The lowest BCUT2D eigenvalue weighted by Gasteiger charge is -2.19. The van der Waals surface area contributed by atoms with E-state index in [0.717, 1.165) is 56.5 Å². The third-order valence-electron chi connectivity index (χ3n) is 5.43. The molecule has 2 aliphatic heterocycles. The fourth-order valence-corrected chi connectivity index (χ4v) is 4.04. The Morgan fingerprint density at radius 3 is 2.85 bits per heavy atom. The van der Waals surface area contributed by atoms with Crippen molar-refractivity contribution in [3.8, 4) is 5.75 Å². The van der Waals surface area contributed by atoms with Crippen molar-refractivity contribution in [3.63, 3.8) is 0 Å². The summed E-state index contributed by atoms with van der Waals surface area (Å²) in [5.74, 6) is 1.99. The first-order valence-electron chi connectivity index (χ1n) is 9.43. The number of aromatic amines is 1. The highest BCUT2D eigenvalue weighted by molar-refractivity contribution is 5.34. The molecule has 0 unspecified atom stereocenters. The second kappa shape index (κ2) is 7.50. The van der Waals surface area contributed by atoms with Gasteiger partial charge in [0.15, 0.2) is 0 Å². The van der Waals surface area contributed by atoms with Crippen molar-refractivity contribution >= 4 is 5.95 Å². The van der Waals surface area contributed by atoms with Gasteiger partial charge in [0.05, 0.1) is 12.8 Å². The van der Waals surface area contributed by atoms with Crippen molar-refractivity contribution < 1.29 is 4.74 Å². The summed E-state index contributed by atoms with van der Waals surface area (Å²) >= 11 is 0. The lowest BCUT2D eigenvalue weighted by molar-refractivity contribution is 0.316. The highest BCUT2D eigenvalue weighted by Gasteiger charge is 2.27. The van der Waals surface area contributed by atoms with Crippen molar-refractivity contribution in [2.24, 2.45) is 0 Å². The van der Waals surface area contributed by atoms with Crippen LogP contribution in [0.15, 0.2) is 35.1 Å². The number of ether oxygens (including phenoxy) is 1. The molecule has 0 radical (unpaired) electrons. The first-order chi connectivity index (χ1) is 12.7. The minimum atomic E-state index is -0.0416. The van der Waals surface area contributed by atoms with Gasteiger partial charge in [0.25, 0.3) is 5.56 Å². The highest BCUT2D eigenvalue weighted by Crippen LogP contribution is 2.29. The number of rotatable bonds is 5. The summed E-state index contributed by atoms with van der Waals surface area (Å²) in [5, 5.41) is 0. The fraction of sp³-hybridized carbons (Fsp3) is 0.500. The maximum absolute atomic E-state index is 12.1. The van der Waals surface area contributed by atoms with Gasteiger partial charge in [0.1, 0.15) is 5.75 Å². The van der Waals surface area contributed by atoms with E-state index in [0.29, 0.717) is 5.92 Å². The molecule has 1 aromatic carbocycles. The Hall–Kier alpha value is -2.34. The van der Waals surface area contributed by atoms with Gasteiger partial charge in [-0.1, -0.05) is 18.2 Å². The van der Waals surface area contributed by atoms with E-state index in [2.05, 4.69) is 20.9 Å². The van der Waals surface area contributed by atoms with Crippen molar-refractivity contribution in [1.29, 1.82) is 0 Å². The number of nitrogens with zero attached hydrogens (tertiary/aromatic N) is 3. The summed E-state index contributed by atoms with van der Waals surface area (Å²) in [6, 6.07) is 9.84. The Morgan fingerprint density at radius 1 is 1.23 bits per heavy atom. The number of methoxy groups -OCH3 is 1. The number of anilines is 1. The molecule has 4 rings (SSSR count). The van der Waals surface area contributed by atoms with E-state index in [9.17, 15) is 4.79 Å². The molecule has 0 amide bonds. The molecule has 2 aliphatic rings. The fourth-order valence-electron chi connectivity index (χ4n) is 4.04. The maximum atomic E-state index is 12.1. The second-order valence-electron chi connectivity index (χ2n) is 7.22. The molecule has 1 aromatic heterocycles. The molecule has 1 N–H and O–H groups in total. The monoisotopic (exact) mass is 354 g/mol. The lowest BCUT2D eigenvalue weighted by Crippen LogP contribution is -2.25. The number of hydrogen-bond donors (Lipinski definition) is 1. The zero-order valence-corrected chi connectivity index (χ0v) is 15.3. The smallest absolute Gasteiger partial charge is 0.252 e. The van der Waals surface area contributed by atoms with Crippen LogP contribution in [0.4, 0.5) is 5.95 Å². The minimum Gasteiger partial charge on any atom is -0.496 e. The quantitative estimate of drug-likeness (QED) is 0.893. The summed E-state index contributed by atoms with van der Waals surface area (Å²) in [4.78, 5) is 24.4. The highest BCUT2D eigenvalue weighted by atomic mass is 16.5. The zero-order chi connectivity index (χ0) is 17.9. The number of para-hydroxylation sites is 1. The van der Waals surface area contributed by atoms with Crippen molar-refractivity contribution in [1.82, 2.24) is 14.9 Å². The van der Waals surface area contributed by atoms with Crippen LogP contribution in [0, 0.1) is 0 Å². The minimum absolute atomic E-state index is 0.0416. The van der Waals surface area contributed by atoms with E-state index in [1.807, 2.05) is 18.2 Å². The molecule has 2 saturated heterocycles. The van der Waals surface area contributed by atoms with Gasteiger partial charge in [-0.05, 0) is 31.9 Å². The number of hydrogen-bond acceptors (Lipinski definition) is 5. The summed E-state index contributed by atoms with van der Waals surface area (Å²) in [5.41, 5.74) is 2.09. The van der Waals surface area contributed by atoms with E-state index in [1.54, 1.807) is 13.2 Å². The Balaban J connectivity index is 1.47. The van der Waals surface area contributed by atoms with Crippen LogP contribution in [0.2, 0.25) is 0 Å². The average molecular weight is 354 g/mol. The molecule has 138 valence electrons. The normalized spacial score (nSPS) is 20.7. The molecular weight excluding hydrogens is 328 g/mol. The van der Waals surface area contributed by atoms with E-state index < -0.39 is 0 Å². The van der Waals surface area contributed by atoms with E-state index in [-0.39, 0.29) is 5.56 Å². The molecule has 0 saturated carbocycles. The van der Waals surface area contributed by atoms with Crippen LogP contribution < -0.4 is 15.2 Å². The summed E-state index contributed by atoms with van der Waals surface area (Å²) in [7, 11) is 1.71. The number of nitrogens with one attached hydrogen (secondary N) is 1. The molecule has 3 heterocycles. The Kier molecular flexibility index (Phi) is 4.93. The largest absolute Gasteiger partial charge is 0.496 e. The van der Waals surface area contributed by atoms with Gasteiger partial charge < -0.3 is 9.64 Å². The average Bonchev–Trinajstić information content (AvgIpc) is 3.34. The van der Waals surface area contributed by atoms with Crippen LogP contribution in [-0.4, -0.2) is 48.2 Å². The molecule has 6 nitrogen and oxygen atoms in total. The summed E-state index contributed by atoms with van der Waals surface area (Å²) in [6.07, 6.45) is 3.37. The van der Waals surface area contributed by atoms with Gasteiger partial charge in [-0.3, -0.25) is 14.7 Å². The molecule has 0 spiro atoms. The third kappa shape index (κ3) is 3.60. The van der Waals surface area contributed by atoms with Gasteiger partial charge in [-0.15, -0.1) is 0 Å². The van der Waals surface area contributed by atoms with E-state index >= 15 is 0 Å². The standard InChI is InChI=1S/C20H26N4O2/c1-26-18-7-3-2-6-16(18)14-23-11-8-15(13-23)17-12-19(25)22-20(21-17)24-9-4-5-10-24/h2-3,6-7,12,15H,4-5,8-11,13-14H2,1H3,(H,21,22,25)/t15-/m0/s1. The Bertz CT molecular complexity index is 813. The summed E-state index contributed by atoms with van der Waals surface area (Å²) in [6.45, 7) is 4.76. The van der Waals surface area contributed by atoms with Crippen molar-refractivity contribution in [2.75, 3.05) is 38.2 Å². The van der Waals surface area contributed by atoms with Gasteiger partial charge >= 0.3 is 0 Å². The zero-order valence-electron chi connectivity index (χ0n) is 15.3. The Morgan fingerprint density at radius 2 is 2.04 bits per heavy atom. The van der Waals surface area contributed by atoms with Crippen LogP contribution >= 0.6 is 0 Å². The van der Waals surface area contributed by atoms with E-state index in [1.165, 1.54) is 18.4 Å². The van der Waals surface area contributed by atoms with Crippen LogP contribution in [0.5, 0.6) is 5.75 Å². The predicted molar refractivity (Wildman–Crippen MR) is 102 cm³/mol. The molecule has 6 heteroatoms. The van der Waals surface area contributed by atoms with E-state index in [4.69, 9.17) is 9.72 Å². The number of likely N-dealkylation sites (tertiary alicyclic amines) is 1. The molecule has 2 aromatic rings. The number of aromatic nitrogens is 2. The van der Waals surface area contributed by atoms with Gasteiger partial charge in [0, 0.05) is 43.7 Å². The number of H-pyrrole nitrogens is 1. The molecule has 1 atom stereocenters. The second-order valence-corrected chi connectivity index (χ2v) is 7.22. The predicted octanol–water partition coefficient (Wildman–Crippen LogP) is 2.37. The van der Waals surface area contributed by atoms with Gasteiger partial charge in [0.2, 0.25) is 5.95 Å². The van der Waals surface area contributed by atoms with Gasteiger partial charge in [-0.2, -0.15) is 0 Å². The first-order valence-corrected chi connectivity index (χ1v) is 9.43. The molecule has 0 bridgehead atoms. The van der Waals surface area contributed by atoms with Crippen LogP contribution in [-0.2, 0) is 6.54 Å². The molecule has 0 aliphatic carbocycles. The first kappa shape index (κ1) is 17.1. The van der Waals surface area contributed by atoms with Crippen LogP contribution in [0.25, 0.3) is 0 Å². The summed E-state index contributed by atoms with van der Waals surface area (Å²) < 4.78 is 5.47. The van der Waals surface area contributed by atoms with Crippen LogP contribution in [0.3, 0.4) is 0 Å². The van der Waals surface area contributed by atoms with Crippen molar-refractivity contribution in [3.05, 3.63) is 51.9 Å². The lowest BCUT2D eigenvalue weighted by atomic mass is 10.0. The molecular formula is C20H26N4O2. The van der Waals surface area contributed by atoms with Gasteiger partial charge in [-0.25, -0.2) is 4.98 Å². The molecule has 2 fully saturated rings. The third-order valence-corrected chi connectivity index (χ3v) is 5.43.